The number of likely N-dealkylation sites (N-methyl/N-ethyl adjacent to an activating group) is 1. The molecule has 2 aromatic rings. The lowest BCUT2D eigenvalue weighted by molar-refractivity contribution is -0.129. The fraction of sp³-hybridized carbons (Fsp3) is 0.375. The third-order valence-electron chi connectivity index (χ3n) is 3.70. The molecule has 5 nitrogen and oxygen atoms in total. The second-order valence-corrected chi connectivity index (χ2v) is 5.69. The summed E-state index contributed by atoms with van der Waals surface area (Å²) in [7, 11) is 1.69. The number of aryl methyl sites for hydroxylation is 1. The summed E-state index contributed by atoms with van der Waals surface area (Å²) < 4.78 is 1.82. The van der Waals surface area contributed by atoms with Crippen molar-refractivity contribution in [1.29, 1.82) is 0 Å². The van der Waals surface area contributed by atoms with Crippen LogP contribution in [0.1, 0.15) is 17.0 Å². The van der Waals surface area contributed by atoms with E-state index in [1.165, 1.54) is 4.90 Å². The molecule has 118 valence electrons. The maximum Gasteiger partial charge on any atom is 0.226 e. The number of amides is 1. The lowest BCUT2D eigenvalue weighted by Crippen LogP contribution is -2.31. The fourth-order valence-corrected chi connectivity index (χ4v) is 2.45. The molecule has 1 N–H and O–H groups in total. The third kappa shape index (κ3) is 3.48. The Labute approximate surface area is 135 Å². The van der Waals surface area contributed by atoms with Crippen molar-refractivity contribution in [2.45, 2.75) is 20.3 Å². The molecular formula is C16H20ClN3O2. The fourth-order valence-electron chi connectivity index (χ4n) is 2.33. The molecule has 0 spiro atoms. The van der Waals surface area contributed by atoms with E-state index in [0.717, 1.165) is 22.6 Å². The highest BCUT2D eigenvalue weighted by Gasteiger charge is 2.17. The van der Waals surface area contributed by atoms with Gasteiger partial charge < -0.3 is 10.0 Å². The van der Waals surface area contributed by atoms with E-state index in [9.17, 15) is 4.79 Å². The number of nitrogens with zero attached hydrogens (tertiary/aromatic N) is 3. The van der Waals surface area contributed by atoms with Gasteiger partial charge in [-0.15, -0.1) is 0 Å². The number of aromatic nitrogens is 2. The molecule has 0 fully saturated rings. The van der Waals surface area contributed by atoms with Gasteiger partial charge in [0.25, 0.3) is 0 Å². The average Bonchev–Trinajstić information content (AvgIpc) is 2.76. The van der Waals surface area contributed by atoms with Crippen molar-refractivity contribution in [3.8, 4) is 5.69 Å². The van der Waals surface area contributed by atoms with Crippen LogP contribution in [0.3, 0.4) is 0 Å². The molecule has 22 heavy (non-hydrogen) atoms. The summed E-state index contributed by atoms with van der Waals surface area (Å²) in [6, 6.07) is 7.41. The molecular weight excluding hydrogens is 302 g/mol. The van der Waals surface area contributed by atoms with E-state index in [1.807, 2.05) is 42.8 Å². The Morgan fingerprint density at radius 1 is 1.32 bits per heavy atom. The number of hydrogen-bond donors (Lipinski definition) is 1. The summed E-state index contributed by atoms with van der Waals surface area (Å²) in [6.07, 6.45) is 0.280. The van der Waals surface area contributed by atoms with E-state index in [0.29, 0.717) is 11.6 Å². The molecule has 1 aromatic carbocycles. The largest absolute Gasteiger partial charge is 0.395 e. The Hall–Kier alpha value is -1.85. The molecule has 2 rings (SSSR count). The van der Waals surface area contributed by atoms with Gasteiger partial charge >= 0.3 is 0 Å². The molecule has 0 radical (unpaired) electrons. The summed E-state index contributed by atoms with van der Waals surface area (Å²) in [4.78, 5) is 13.7. The van der Waals surface area contributed by atoms with Crippen LogP contribution in [0.15, 0.2) is 24.3 Å². The number of aliphatic hydroxyl groups is 1. The first-order chi connectivity index (χ1) is 10.4. The monoisotopic (exact) mass is 321 g/mol. The molecule has 0 bridgehead atoms. The normalized spacial score (nSPS) is 10.8. The van der Waals surface area contributed by atoms with Crippen molar-refractivity contribution in [1.82, 2.24) is 14.7 Å². The van der Waals surface area contributed by atoms with Crippen molar-refractivity contribution in [3.63, 3.8) is 0 Å². The SMILES string of the molecule is Cc1nn(-c2ccc(Cl)cc2)c(C)c1CC(=O)N(C)CCO. The summed E-state index contributed by atoms with van der Waals surface area (Å²) in [5.74, 6) is -0.0316. The smallest absolute Gasteiger partial charge is 0.226 e. The molecule has 0 aliphatic carbocycles. The first-order valence-electron chi connectivity index (χ1n) is 7.10. The number of aliphatic hydroxyl groups excluding tert-OH is 1. The minimum absolute atomic E-state index is 0.0316. The Balaban J connectivity index is 2.27. The van der Waals surface area contributed by atoms with Crippen molar-refractivity contribution < 1.29 is 9.90 Å². The maximum absolute atomic E-state index is 12.2. The Morgan fingerprint density at radius 3 is 2.55 bits per heavy atom. The molecule has 6 heteroatoms. The topological polar surface area (TPSA) is 58.4 Å². The van der Waals surface area contributed by atoms with Crippen LogP contribution in [-0.2, 0) is 11.2 Å². The van der Waals surface area contributed by atoms with Gasteiger partial charge in [-0.05, 0) is 38.1 Å². The molecule has 0 saturated carbocycles. The molecule has 0 atom stereocenters. The molecule has 1 heterocycles. The van der Waals surface area contributed by atoms with Crippen molar-refractivity contribution in [2.75, 3.05) is 20.2 Å². The number of carbonyl (C=O) groups is 1. The van der Waals surface area contributed by atoms with E-state index in [1.54, 1.807) is 7.05 Å². The zero-order valence-electron chi connectivity index (χ0n) is 13.0. The highest BCUT2D eigenvalue weighted by molar-refractivity contribution is 6.30. The minimum atomic E-state index is -0.0375. The second-order valence-electron chi connectivity index (χ2n) is 5.25. The van der Waals surface area contributed by atoms with Crippen LogP contribution in [-0.4, -0.2) is 45.9 Å². The highest BCUT2D eigenvalue weighted by atomic mass is 35.5. The molecule has 0 aliphatic heterocycles. The number of carbonyl (C=O) groups excluding carboxylic acids is 1. The summed E-state index contributed by atoms with van der Waals surface area (Å²) in [6.45, 7) is 4.14. The number of rotatable bonds is 5. The van der Waals surface area contributed by atoms with E-state index >= 15 is 0 Å². The van der Waals surface area contributed by atoms with E-state index in [2.05, 4.69) is 5.10 Å². The predicted octanol–water partition coefficient (Wildman–Crippen LogP) is 2.14. The molecule has 0 aliphatic rings. The zero-order chi connectivity index (χ0) is 16.3. The van der Waals surface area contributed by atoms with E-state index < -0.39 is 0 Å². The van der Waals surface area contributed by atoms with E-state index in [4.69, 9.17) is 16.7 Å². The van der Waals surface area contributed by atoms with Crippen LogP contribution in [0.4, 0.5) is 0 Å². The minimum Gasteiger partial charge on any atom is -0.395 e. The Kier molecular flexibility index (Phi) is 5.21. The zero-order valence-corrected chi connectivity index (χ0v) is 13.8. The predicted molar refractivity (Wildman–Crippen MR) is 86.5 cm³/mol. The van der Waals surface area contributed by atoms with Crippen molar-refractivity contribution in [2.24, 2.45) is 0 Å². The van der Waals surface area contributed by atoms with Gasteiger partial charge in [0.15, 0.2) is 0 Å². The summed E-state index contributed by atoms with van der Waals surface area (Å²) in [5.41, 5.74) is 3.60. The van der Waals surface area contributed by atoms with Crippen LogP contribution in [0.25, 0.3) is 5.69 Å². The lowest BCUT2D eigenvalue weighted by Gasteiger charge is -2.15. The number of hydrogen-bond acceptors (Lipinski definition) is 3. The highest BCUT2D eigenvalue weighted by Crippen LogP contribution is 2.20. The standard InChI is InChI=1S/C16H20ClN3O2/c1-11-15(10-16(22)19(3)8-9-21)12(2)20(18-11)14-6-4-13(17)5-7-14/h4-7,21H,8-10H2,1-3H3. The first-order valence-corrected chi connectivity index (χ1v) is 7.47. The molecule has 0 saturated heterocycles. The maximum atomic E-state index is 12.2. The first kappa shape index (κ1) is 16.5. The molecule has 1 aromatic heterocycles. The van der Waals surface area contributed by atoms with Gasteiger partial charge in [0.1, 0.15) is 0 Å². The van der Waals surface area contributed by atoms with E-state index in [-0.39, 0.29) is 18.9 Å². The van der Waals surface area contributed by atoms with Gasteiger partial charge in [0, 0.05) is 29.9 Å². The quantitative estimate of drug-likeness (QED) is 0.918. The third-order valence-corrected chi connectivity index (χ3v) is 3.95. The van der Waals surface area contributed by atoms with Crippen LogP contribution in [0.2, 0.25) is 5.02 Å². The molecule has 0 unspecified atom stereocenters. The summed E-state index contributed by atoms with van der Waals surface area (Å²) in [5, 5.41) is 14.1. The van der Waals surface area contributed by atoms with Crippen LogP contribution in [0.5, 0.6) is 0 Å². The molecule has 1 amide bonds. The van der Waals surface area contributed by atoms with Crippen LogP contribution < -0.4 is 0 Å². The Morgan fingerprint density at radius 2 is 1.95 bits per heavy atom. The van der Waals surface area contributed by atoms with Gasteiger partial charge in [-0.3, -0.25) is 4.79 Å². The average molecular weight is 322 g/mol. The Bertz CT molecular complexity index is 665. The van der Waals surface area contributed by atoms with Crippen molar-refractivity contribution >= 4 is 17.5 Å². The van der Waals surface area contributed by atoms with Crippen LogP contribution >= 0.6 is 11.6 Å². The van der Waals surface area contributed by atoms with Crippen molar-refractivity contribution in [3.05, 3.63) is 46.2 Å². The van der Waals surface area contributed by atoms with Gasteiger partial charge in [-0.25, -0.2) is 4.68 Å². The second kappa shape index (κ2) is 6.94. The van der Waals surface area contributed by atoms with Gasteiger partial charge in [-0.1, -0.05) is 11.6 Å². The van der Waals surface area contributed by atoms with Gasteiger partial charge in [-0.2, -0.15) is 5.10 Å². The summed E-state index contributed by atoms with van der Waals surface area (Å²) >= 11 is 5.91. The lowest BCUT2D eigenvalue weighted by atomic mass is 10.1. The number of benzene rings is 1. The van der Waals surface area contributed by atoms with Crippen LogP contribution in [0, 0.1) is 13.8 Å². The number of halogens is 1. The van der Waals surface area contributed by atoms with Gasteiger partial charge in [0.2, 0.25) is 5.91 Å². The van der Waals surface area contributed by atoms with Gasteiger partial charge in [0.05, 0.1) is 24.4 Å².